The number of aromatic nitrogens is 3. The van der Waals surface area contributed by atoms with Gasteiger partial charge in [-0.25, -0.2) is 0 Å². The van der Waals surface area contributed by atoms with Crippen molar-refractivity contribution in [2.24, 2.45) is 0 Å². The molecular formula is C19H21N5OS. The highest BCUT2D eigenvalue weighted by atomic mass is 32.1. The van der Waals surface area contributed by atoms with Crippen LogP contribution in [0.3, 0.4) is 0 Å². The van der Waals surface area contributed by atoms with Crippen molar-refractivity contribution in [2.75, 3.05) is 18.0 Å². The molecule has 1 aliphatic rings. The third-order valence-corrected chi connectivity index (χ3v) is 5.58. The van der Waals surface area contributed by atoms with Crippen molar-refractivity contribution in [2.45, 2.75) is 25.4 Å². The summed E-state index contributed by atoms with van der Waals surface area (Å²) in [6.07, 6.45) is 5.45. The summed E-state index contributed by atoms with van der Waals surface area (Å²) in [5.74, 6) is 0.738. The summed E-state index contributed by atoms with van der Waals surface area (Å²) in [6.45, 7) is 2.74. The first-order valence-corrected chi connectivity index (χ1v) is 9.68. The summed E-state index contributed by atoms with van der Waals surface area (Å²) in [5.41, 5.74) is 1.09. The summed E-state index contributed by atoms with van der Waals surface area (Å²) < 4.78 is 0. The van der Waals surface area contributed by atoms with Gasteiger partial charge in [-0.05, 0) is 36.4 Å². The molecule has 1 fully saturated rings. The highest BCUT2D eigenvalue weighted by molar-refractivity contribution is 7.12. The minimum Gasteiger partial charge on any atom is -0.297 e. The molecule has 3 aromatic rings. The van der Waals surface area contributed by atoms with E-state index in [0.717, 1.165) is 43.0 Å². The molecule has 0 radical (unpaired) electrons. The van der Waals surface area contributed by atoms with Crippen LogP contribution in [0.25, 0.3) is 0 Å². The van der Waals surface area contributed by atoms with E-state index in [-0.39, 0.29) is 11.9 Å². The molecule has 0 aromatic carbocycles. The fourth-order valence-electron chi connectivity index (χ4n) is 3.42. The smallest absolute Gasteiger partial charge is 0.269 e. The Morgan fingerprint density at radius 1 is 1.23 bits per heavy atom. The molecule has 26 heavy (non-hydrogen) atoms. The maximum Gasteiger partial charge on any atom is 0.269 e. The van der Waals surface area contributed by atoms with E-state index < -0.39 is 0 Å². The number of nitrogens with zero attached hydrogens (tertiary/aromatic N) is 4. The highest BCUT2D eigenvalue weighted by Gasteiger charge is 2.31. The van der Waals surface area contributed by atoms with Crippen molar-refractivity contribution in [3.63, 3.8) is 0 Å². The van der Waals surface area contributed by atoms with E-state index in [1.54, 1.807) is 6.20 Å². The van der Waals surface area contributed by atoms with Crippen molar-refractivity contribution in [3.8, 4) is 0 Å². The number of pyridine rings is 1. The monoisotopic (exact) mass is 367 g/mol. The maximum absolute atomic E-state index is 13.0. The zero-order valence-corrected chi connectivity index (χ0v) is 15.2. The number of anilines is 1. The maximum atomic E-state index is 13.0. The molecule has 4 heterocycles. The van der Waals surface area contributed by atoms with Crippen LogP contribution in [-0.4, -0.2) is 45.1 Å². The number of H-pyrrole nitrogens is 1. The van der Waals surface area contributed by atoms with Crippen molar-refractivity contribution in [3.05, 3.63) is 64.7 Å². The first kappa shape index (κ1) is 16.9. The lowest BCUT2D eigenvalue weighted by Crippen LogP contribution is -2.47. The number of carbonyl (C=O) groups excluding carboxylic acids is 1. The molecule has 1 saturated heterocycles. The van der Waals surface area contributed by atoms with Crippen LogP contribution in [0.1, 0.15) is 28.2 Å². The largest absolute Gasteiger partial charge is 0.297 e. The summed E-state index contributed by atoms with van der Waals surface area (Å²) in [6, 6.07) is 11.8. The first-order valence-electron chi connectivity index (χ1n) is 8.80. The first-order chi connectivity index (χ1) is 12.8. The third kappa shape index (κ3) is 3.68. The van der Waals surface area contributed by atoms with E-state index in [4.69, 9.17) is 0 Å². The van der Waals surface area contributed by atoms with Crippen LogP contribution in [0.15, 0.2) is 54.2 Å². The number of piperidine rings is 1. The molecule has 0 aliphatic carbocycles. The van der Waals surface area contributed by atoms with E-state index in [9.17, 15) is 4.79 Å². The Bertz CT molecular complexity index is 811. The topological polar surface area (TPSA) is 65.1 Å². The molecule has 0 spiro atoms. The second-order valence-corrected chi connectivity index (χ2v) is 7.36. The Morgan fingerprint density at radius 3 is 2.77 bits per heavy atom. The van der Waals surface area contributed by atoms with Crippen LogP contribution in [0.5, 0.6) is 0 Å². The second-order valence-electron chi connectivity index (χ2n) is 6.41. The van der Waals surface area contributed by atoms with Crippen molar-refractivity contribution in [1.82, 2.24) is 20.1 Å². The van der Waals surface area contributed by atoms with Gasteiger partial charge in [0.25, 0.3) is 5.91 Å². The Balaban J connectivity index is 1.45. The molecule has 134 valence electrons. The number of thiophene rings is 1. The zero-order valence-electron chi connectivity index (χ0n) is 14.4. The quantitative estimate of drug-likeness (QED) is 0.752. The van der Waals surface area contributed by atoms with Gasteiger partial charge in [0.1, 0.15) is 0 Å². The molecule has 1 aliphatic heterocycles. The van der Waals surface area contributed by atoms with Crippen LogP contribution >= 0.6 is 11.3 Å². The molecule has 0 unspecified atom stereocenters. The van der Waals surface area contributed by atoms with Gasteiger partial charge >= 0.3 is 0 Å². The van der Waals surface area contributed by atoms with E-state index in [0.29, 0.717) is 5.82 Å². The molecule has 7 heteroatoms. The van der Waals surface area contributed by atoms with E-state index >= 15 is 0 Å². The van der Waals surface area contributed by atoms with Gasteiger partial charge in [-0.2, -0.15) is 5.10 Å². The molecule has 0 saturated carbocycles. The molecule has 0 atom stereocenters. The SMILES string of the molecule is O=C(c1cccs1)N(c1cc[nH]n1)C1CCN(Cc2ccccn2)CC1. The lowest BCUT2D eigenvalue weighted by Gasteiger charge is -2.37. The van der Waals surface area contributed by atoms with Gasteiger partial charge in [-0.1, -0.05) is 12.1 Å². The van der Waals surface area contributed by atoms with Crippen LogP contribution in [-0.2, 0) is 6.54 Å². The van der Waals surface area contributed by atoms with Gasteiger partial charge in [-0.3, -0.25) is 24.7 Å². The molecule has 1 N–H and O–H groups in total. The fourth-order valence-corrected chi connectivity index (χ4v) is 4.08. The van der Waals surface area contributed by atoms with Gasteiger partial charge in [0, 0.05) is 44.1 Å². The lowest BCUT2D eigenvalue weighted by atomic mass is 10.0. The summed E-state index contributed by atoms with van der Waals surface area (Å²) in [4.78, 5) is 22.5. The number of carbonyl (C=O) groups is 1. The third-order valence-electron chi connectivity index (χ3n) is 4.72. The molecule has 1 amide bonds. The van der Waals surface area contributed by atoms with Crippen LogP contribution in [0.4, 0.5) is 5.82 Å². The van der Waals surface area contributed by atoms with E-state index in [1.165, 1.54) is 11.3 Å². The average Bonchev–Trinajstić information content (AvgIpc) is 3.38. The number of hydrogen-bond acceptors (Lipinski definition) is 5. The normalized spacial score (nSPS) is 15.8. The van der Waals surface area contributed by atoms with Crippen molar-refractivity contribution < 1.29 is 4.79 Å². The van der Waals surface area contributed by atoms with Gasteiger partial charge in [-0.15, -0.1) is 11.3 Å². The van der Waals surface area contributed by atoms with Gasteiger partial charge in [0.05, 0.1) is 10.6 Å². The summed E-state index contributed by atoms with van der Waals surface area (Å²) in [5, 5.41) is 9.04. The number of rotatable bonds is 5. The highest BCUT2D eigenvalue weighted by Crippen LogP contribution is 2.26. The predicted octanol–water partition coefficient (Wildman–Crippen LogP) is 3.18. The standard InChI is InChI=1S/C19H21N5OS/c25-19(17-5-3-13-26-17)24(18-6-10-21-22-18)16-7-11-23(12-8-16)14-15-4-1-2-9-20-15/h1-6,9-10,13,16H,7-8,11-12,14H2,(H,21,22). The molecule has 0 bridgehead atoms. The number of amides is 1. The number of likely N-dealkylation sites (tertiary alicyclic amines) is 1. The Labute approximate surface area is 156 Å². The number of nitrogens with one attached hydrogen (secondary N) is 1. The van der Waals surface area contributed by atoms with E-state index in [1.807, 2.05) is 46.8 Å². The van der Waals surface area contributed by atoms with Gasteiger partial charge in [0.15, 0.2) is 5.82 Å². The Hall–Kier alpha value is -2.51. The van der Waals surface area contributed by atoms with E-state index in [2.05, 4.69) is 26.1 Å². The predicted molar refractivity (Wildman–Crippen MR) is 102 cm³/mol. The Kier molecular flexibility index (Phi) is 5.08. The zero-order chi connectivity index (χ0) is 17.8. The average molecular weight is 367 g/mol. The van der Waals surface area contributed by atoms with Crippen molar-refractivity contribution >= 4 is 23.1 Å². The van der Waals surface area contributed by atoms with Gasteiger partial charge < -0.3 is 0 Å². The molecule has 6 nitrogen and oxygen atoms in total. The second kappa shape index (κ2) is 7.80. The van der Waals surface area contributed by atoms with Crippen molar-refractivity contribution in [1.29, 1.82) is 0 Å². The molecular weight excluding hydrogens is 346 g/mol. The summed E-state index contributed by atoms with van der Waals surface area (Å²) >= 11 is 1.48. The van der Waals surface area contributed by atoms with Crippen LogP contribution in [0, 0.1) is 0 Å². The molecule has 4 rings (SSSR count). The van der Waals surface area contributed by atoms with Gasteiger partial charge in [0.2, 0.25) is 0 Å². The van der Waals surface area contributed by atoms with Crippen LogP contribution < -0.4 is 4.90 Å². The minimum atomic E-state index is 0.0373. The van der Waals surface area contributed by atoms with Crippen LogP contribution in [0.2, 0.25) is 0 Å². The molecule has 3 aromatic heterocycles. The minimum absolute atomic E-state index is 0.0373. The number of aromatic amines is 1. The summed E-state index contributed by atoms with van der Waals surface area (Å²) in [7, 11) is 0. The number of hydrogen-bond donors (Lipinski definition) is 1. The Morgan fingerprint density at radius 2 is 2.12 bits per heavy atom. The fraction of sp³-hybridized carbons (Fsp3) is 0.316. The lowest BCUT2D eigenvalue weighted by molar-refractivity contribution is 0.0961.